The van der Waals surface area contributed by atoms with Crippen molar-refractivity contribution in [3.8, 4) is 0 Å². The summed E-state index contributed by atoms with van der Waals surface area (Å²) >= 11 is 4.84. The molecule has 1 fully saturated rings. The van der Waals surface area contributed by atoms with E-state index in [1.54, 1.807) is 0 Å². The average molecular weight is 289 g/mol. The van der Waals surface area contributed by atoms with E-state index >= 15 is 0 Å². The number of carbonyl (C=O) groups excluding carboxylic acids is 1. The Morgan fingerprint density at radius 1 is 1.58 bits per heavy atom. The van der Waals surface area contributed by atoms with E-state index in [9.17, 15) is 4.79 Å². The number of rotatable bonds is 1. The summed E-state index contributed by atoms with van der Waals surface area (Å²) in [6.45, 7) is 0.886. The summed E-state index contributed by atoms with van der Waals surface area (Å²) in [6.07, 6.45) is 1.86. The molecular formula is C5H13AlClNO3Zr. The first kappa shape index (κ1) is 18.8. The van der Waals surface area contributed by atoms with E-state index in [0.717, 1.165) is 19.4 Å². The summed E-state index contributed by atoms with van der Waals surface area (Å²) in [5, 5.41) is 2.95. The van der Waals surface area contributed by atoms with Crippen LogP contribution in [0, 0.1) is 0 Å². The van der Waals surface area contributed by atoms with Crippen LogP contribution in [0.2, 0.25) is 0 Å². The Morgan fingerprint density at radius 2 is 2.17 bits per heavy atom. The largest absolute Gasteiger partial charge is 0.412 e. The van der Waals surface area contributed by atoms with Gasteiger partial charge in [0.25, 0.3) is 0 Å². The summed E-state index contributed by atoms with van der Waals surface area (Å²) in [6, 6.07) is -0.164. The Hall–Kier alpha value is 1.10. The van der Waals surface area contributed by atoms with Gasteiger partial charge < -0.3 is 15.1 Å². The number of nitrogens with one attached hydrogen (secondary N) is 1. The molecule has 0 saturated carbocycles. The molecular weight excluding hydrogens is 276 g/mol. The first-order valence-electron chi connectivity index (χ1n) is 2.90. The molecule has 1 rings (SSSR count). The molecule has 0 aliphatic carbocycles. The van der Waals surface area contributed by atoms with Gasteiger partial charge in [0.2, 0.25) is 0 Å². The van der Waals surface area contributed by atoms with E-state index in [4.69, 9.17) is 11.9 Å². The average Bonchev–Trinajstić information content (AvgIpc) is 2.37. The number of hydrogen-bond acceptors (Lipinski definition) is 3. The van der Waals surface area contributed by atoms with Crippen molar-refractivity contribution in [1.82, 2.24) is 5.32 Å². The fourth-order valence-electron chi connectivity index (χ4n) is 0.939. The van der Waals surface area contributed by atoms with Gasteiger partial charge in [0.1, 0.15) is 17.9 Å². The molecule has 0 unspecified atom stereocenters. The van der Waals surface area contributed by atoms with E-state index in [0.29, 0.717) is 0 Å². The number of hydrogen-bond donors (Lipinski definition) is 1. The third kappa shape index (κ3) is 5.69. The van der Waals surface area contributed by atoms with Gasteiger partial charge >= 0.3 is 5.97 Å². The van der Waals surface area contributed by atoms with Gasteiger partial charge in [-0.3, -0.25) is 0 Å². The Morgan fingerprint density at radius 3 is 2.50 bits per heavy atom. The fourth-order valence-corrected chi connectivity index (χ4v) is 1.05. The molecule has 7 heteroatoms. The van der Waals surface area contributed by atoms with Gasteiger partial charge in [-0.15, -0.1) is 0 Å². The maximum absolute atomic E-state index is 10.6. The third-order valence-electron chi connectivity index (χ3n) is 1.42. The van der Waals surface area contributed by atoms with Crippen molar-refractivity contribution >= 4 is 35.2 Å². The van der Waals surface area contributed by atoms with Crippen LogP contribution in [0.25, 0.3) is 0 Å². The van der Waals surface area contributed by atoms with Gasteiger partial charge in [0, 0.05) is 26.2 Å². The molecule has 3 N–H and O–H groups in total. The van der Waals surface area contributed by atoms with Crippen LogP contribution in [0.3, 0.4) is 0 Å². The van der Waals surface area contributed by atoms with Crippen LogP contribution in [-0.4, -0.2) is 41.4 Å². The third-order valence-corrected chi connectivity index (χ3v) is 1.57. The second-order valence-corrected chi connectivity index (χ2v) is 2.20. The molecule has 1 heterocycles. The number of carbonyl (C=O) groups is 1. The minimum absolute atomic E-state index is 0. The summed E-state index contributed by atoms with van der Waals surface area (Å²) in [4.78, 5) is 10.6. The minimum Gasteiger partial charge on any atom is -0.412 e. The Balaban J connectivity index is -0.000000270. The van der Waals surface area contributed by atoms with Crippen LogP contribution < -0.4 is 5.32 Å². The second-order valence-electron chi connectivity index (χ2n) is 2.05. The molecule has 0 radical (unpaired) electrons. The molecule has 0 aromatic heterocycles. The van der Waals surface area contributed by atoms with Crippen LogP contribution in [0.15, 0.2) is 0 Å². The van der Waals surface area contributed by atoms with Crippen molar-refractivity contribution in [1.29, 1.82) is 0 Å². The van der Waals surface area contributed by atoms with E-state index in [-0.39, 0.29) is 61.1 Å². The van der Waals surface area contributed by atoms with Crippen LogP contribution in [0.1, 0.15) is 12.8 Å². The molecule has 1 aliphatic heterocycles. The predicted octanol–water partition coefficient (Wildman–Crippen LogP) is -1.58. The van der Waals surface area contributed by atoms with E-state index in [1.807, 2.05) is 0 Å². The molecule has 1 atom stereocenters. The van der Waals surface area contributed by atoms with Crippen molar-refractivity contribution in [2.45, 2.75) is 18.9 Å². The van der Waals surface area contributed by atoms with Gasteiger partial charge in [-0.25, -0.2) is 4.79 Å². The molecule has 0 amide bonds. The van der Waals surface area contributed by atoms with Gasteiger partial charge in [-0.2, -0.15) is 0 Å². The summed E-state index contributed by atoms with van der Waals surface area (Å²) in [7, 11) is 0. The molecule has 12 heavy (non-hydrogen) atoms. The van der Waals surface area contributed by atoms with Crippen LogP contribution >= 0.6 is 11.9 Å². The second kappa shape index (κ2) is 10.2. The van der Waals surface area contributed by atoms with Crippen molar-refractivity contribution < 1.29 is 40.8 Å². The molecule has 0 spiro atoms. The number of halogens is 1. The zero-order valence-electron chi connectivity index (χ0n) is 5.89. The van der Waals surface area contributed by atoms with Crippen LogP contribution in [-0.2, 0) is 35.3 Å². The molecule has 0 aromatic rings. The van der Waals surface area contributed by atoms with E-state index < -0.39 is 0 Å². The zero-order chi connectivity index (χ0) is 6.69. The monoisotopic (exact) mass is 287 g/mol. The van der Waals surface area contributed by atoms with Crippen molar-refractivity contribution in [2.24, 2.45) is 0 Å². The summed E-state index contributed by atoms with van der Waals surface area (Å²) < 4.78 is 4.00. The Kier molecular flexibility index (Phi) is 15.9. The first-order valence-corrected chi connectivity index (χ1v) is 3.21. The van der Waals surface area contributed by atoms with Crippen LogP contribution in [0.4, 0.5) is 0 Å². The quantitative estimate of drug-likeness (QED) is 0.593. The topological polar surface area (TPSA) is 69.8 Å². The normalized spacial score (nSPS) is 19.6. The van der Waals surface area contributed by atoms with Crippen LogP contribution in [0.5, 0.6) is 0 Å². The zero-order valence-corrected chi connectivity index (χ0v) is 9.11. The molecule has 0 aromatic carbocycles. The van der Waals surface area contributed by atoms with Gasteiger partial charge in [-0.05, 0) is 19.4 Å². The van der Waals surface area contributed by atoms with E-state index in [1.165, 1.54) is 0 Å². The van der Waals surface area contributed by atoms with Gasteiger partial charge in [0.05, 0.1) is 0 Å². The van der Waals surface area contributed by atoms with Crippen molar-refractivity contribution in [3.05, 3.63) is 0 Å². The fraction of sp³-hybridized carbons (Fsp3) is 0.800. The first-order chi connectivity index (χ1) is 4.34. The predicted molar refractivity (Wildman–Crippen MR) is 46.5 cm³/mol. The maximum Gasteiger partial charge on any atom is 0.341 e. The summed E-state index contributed by atoms with van der Waals surface area (Å²) in [5.41, 5.74) is 0. The Bertz CT molecular complexity index is 123. The SMILES string of the molecule is O.O=C(OCl)[C@@H]1CCCN1.[AlH3].[Zr]. The van der Waals surface area contributed by atoms with Gasteiger partial charge in [0.15, 0.2) is 17.4 Å². The smallest absolute Gasteiger partial charge is 0.341 e. The van der Waals surface area contributed by atoms with Gasteiger partial charge in [-0.1, -0.05) is 0 Å². The molecule has 1 saturated heterocycles. The standard InChI is InChI=1S/C5H8ClNO2.Al.H2O.Zr.3H/c6-9-5(8)4-2-1-3-7-4;;;;;;/h4,7H,1-3H2;;1H2;;;;/t4-;;;;;;/m0....../s1. The molecule has 70 valence electrons. The maximum atomic E-state index is 10.6. The molecule has 4 nitrogen and oxygen atoms in total. The summed E-state index contributed by atoms with van der Waals surface area (Å²) in [5.74, 6) is -0.367. The van der Waals surface area contributed by atoms with E-state index in [2.05, 4.69) is 9.61 Å². The van der Waals surface area contributed by atoms with Crippen molar-refractivity contribution in [3.63, 3.8) is 0 Å². The molecule has 1 aliphatic rings. The molecule has 0 bridgehead atoms. The minimum atomic E-state index is -0.367. The van der Waals surface area contributed by atoms with Crippen molar-refractivity contribution in [2.75, 3.05) is 6.54 Å². The Labute approximate surface area is 106 Å².